The highest BCUT2D eigenvalue weighted by atomic mass is 32.2. The standard InChI is InChI=1S/C21H20N4OS2/c1-13-6-7-17(14(2)10-13)25-9-8-23-21(25)27-12-19(26)24-20-16(11-22)15-4-3-5-18(15)28-20/h6-10H,3-5,12H2,1-2H3,(H,24,26). The van der Waals surface area contributed by atoms with Gasteiger partial charge in [0.25, 0.3) is 0 Å². The van der Waals surface area contributed by atoms with E-state index in [1.165, 1.54) is 22.2 Å². The zero-order valence-corrected chi connectivity index (χ0v) is 17.4. The molecule has 1 aromatic carbocycles. The lowest BCUT2D eigenvalue weighted by Crippen LogP contribution is -2.14. The van der Waals surface area contributed by atoms with Gasteiger partial charge in [0.1, 0.15) is 11.1 Å². The average Bonchev–Trinajstić information content (AvgIpc) is 3.36. The maximum absolute atomic E-state index is 12.5. The van der Waals surface area contributed by atoms with Gasteiger partial charge < -0.3 is 5.32 Å². The van der Waals surface area contributed by atoms with Gasteiger partial charge in [-0.05, 0) is 50.3 Å². The van der Waals surface area contributed by atoms with E-state index < -0.39 is 0 Å². The van der Waals surface area contributed by atoms with Gasteiger partial charge in [-0.1, -0.05) is 29.5 Å². The van der Waals surface area contributed by atoms with Crippen molar-refractivity contribution in [3.05, 3.63) is 57.7 Å². The summed E-state index contributed by atoms with van der Waals surface area (Å²) in [5.41, 5.74) is 5.21. The number of rotatable bonds is 5. The maximum Gasteiger partial charge on any atom is 0.235 e. The molecule has 1 aliphatic carbocycles. The Bertz CT molecular complexity index is 1090. The summed E-state index contributed by atoms with van der Waals surface area (Å²) in [5, 5.41) is 13.9. The van der Waals surface area contributed by atoms with Gasteiger partial charge in [-0.2, -0.15) is 5.26 Å². The highest BCUT2D eigenvalue weighted by Gasteiger charge is 2.23. The third-order valence-corrected chi connectivity index (χ3v) is 7.01. The maximum atomic E-state index is 12.5. The van der Waals surface area contributed by atoms with E-state index in [2.05, 4.69) is 48.4 Å². The zero-order valence-electron chi connectivity index (χ0n) is 15.8. The van der Waals surface area contributed by atoms with Crippen LogP contribution in [0.15, 0.2) is 35.7 Å². The fraction of sp³-hybridized carbons (Fsp3) is 0.286. The first kappa shape index (κ1) is 18.8. The SMILES string of the molecule is Cc1ccc(-n2ccnc2SCC(=O)Nc2sc3c(c2C#N)CCC3)c(C)c1. The van der Waals surface area contributed by atoms with Crippen molar-refractivity contribution in [2.45, 2.75) is 38.3 Å². The summed E-state index contributed by atoms with van der Waals surface area (Å²) in [6.45, 7) is 4.14. The van der Waals surface area contributed by atoms with Crippen molar-refractivity contribution in [1.82, 2.24) is 9.55 Å². The summed E-state index contributed by atoms with van der Waals surface area (Å²) < 4.78 is 2.01. The molecule has 0 bridgehead atoms. The molecule has 5 nitrogen and oxygen atoms in total. The lowest BCUT2D eigenvalue weighted by molar-refractivity contribution is -0.113. The highest BCUT2D eigenvalue weighted by molar-refractivity contribution is 7.99. The molecule has 3 aromatic rings. The van der Waals surface area contributed by atoms with Crippen molar-refractivity contribution in [1.29, 1.82) is 5.26 Å². The number of carbonyl (C=O) groups is 1. The first-order valence-electron chi connectivity index (χ1n) is 9.15. The summed E-state index contributed by atoms with van der Waals surface area (Å²) in [4.78, 5) is 18.1. The number of amides is 1. The Morgan fingerprint density at radius 2 is 2.25 bits per heavy atom. The van der Waals surface area contributed by atoms with E-state index in [1.807, 2.05) is 10.8 Å². The lowest BCUT2D eigenvalue weighted by Gasteiger charge is -2.11. The first-order chi connectivity index (χ1) is 13.6. The number of hydrogen-bond donors (Lipinski definition) is 1. The number of imidazole rings is 1. The van der Waals surface area contributed by atoms with Crippen molar-refractivity contribution < 1.29 is 4.79 Å². The quantitative estimate of drug-likeness (QED) is 0.624. The zero-order chi connectivity index (χ0) is 19.7. The van der Waals surface area contributed by atoms with Gasteiger partial charge in [0.2, 0.25) is 5.91 Å². The minimum Gasteiger partial charge on any atom is -0.316 e. The Morgan fingerprint density at radius 1 is 1.39 bits per heavy atom. The minimum atomic E-state index is -0.114. The molecule has 0 radical (unpaired) electrons. The number of hydrogen-bond acceptors (Lipinski definition) is 5. The third kappa shape index (κ3) is 3.58. The molecule has 0 aliphatic heterocycles. The summed E-state index contributed by atoms with van der Waals surface area (Å²) in [6.07, 6.45) is 6.70. The van der Waals surface area contributed by atoms with Crippen LogP contribution in [-0.4, -0.2) is 21.2 Å². The van der Waals surface area contributed by atoms with E-state index in [1.54, 1.807) is 17.5 Å². The molecule has 0 spiro atoms. The van der Waals surface area contributed by atoms with Gasteiger partial charge in [-0.25, -0.2) is 4.98 Å². The second-order valence-corrected chi connectivity index (χ2v) is 8.93. The minimum absolute atomic E-state index is 0.114. The first-order valence-corrected chi connectivity index (χ1v) is 11.0. The molecule has 1 N–H and O–H groups in total. The number of nitriles is 1. The summed E-state index contributed by atoms with van der Waals surface area (Å²) in [5.74, 6) is 0.131. The number of thiophene rings is 1. The Hall–Kier alpha value is -2.56. The number of anilines is 1. The number of aromatic nitrogens is 2. The van der Waals surface area contributed by atoms with Gasteiger partial charge in [-0.3, -0.25) is 9.36 Å². The molecule has 1 amide bonds. The molecule has 2 aromatic heterocycles. The Morgan fingerprint density at radius 3 is 3.04 bits per heavy atom. The van der Waals surface area contributed by atoms with Crippen LogP contribution in [0.2, 0.25) is 0 Å². The van der Waals surface area contributed by atoms with Crippen LogP contribution in [0.4, 0.5) is 5.00 Å². The van der Waals surface area contributed by atoms with E-state index in [0.29, 0.717) is 10.6 Å². The van der Waals surface area contributed by atoms with Gasteiger partial charge in [0.05, 0.1) is 17.0 Å². The topological polar surface area (TPSA) is 70.7 Å². The smallest absolute Gasteiger partial charge is 0.235 e. The molecule has 7 heteroatoms. The molecule has 0 fully saturated rings. The number of benzene rings is 1. The van der Waals surface area contributed by atoms with E-state index in [4.69, 9.17) is 0 Å². The number of fused-ring (bicyclic) bond motifs is 1. The Balaban J connectivity index is 1.46. The van der Waals surface area contributed by atoms with Crippen LogP contribution in [0.5, 0.6) is 0 Å². The molecule has 0 unspecified atom stereocenters. The van der Waals surface area contributed by atoms with Crippen LogP contribution in [-0.2, 0) is 17.6 Å². The van der Waals surface area contributed by atoms with Gasteiger partial charge in [-0.15, -0.1) is 11.3 Å². The largest absolute Gasteiger partial charge is 0.316 e. The van der Waals surface area contributed by atoms with Crippen LogP contribution in [0.1, 0.15) is 33.6 Å². The van der Waals surface area contributed by atoms with E-state index in [-0.39, 0.29) is 11.7 Å². The van der Waals surface area contributed by atoms with Crippen LogP contribution in [0.25, 0.3) is 5.69 Å². The highest BCUT2D eigenvalue weighted by Crippen LogP contribution is 2.38. The van der Waals surface area contributed by atoms with Crippen molar-refractivity contribution >= 4 is 34.0 Å². The molecule has 1 aliphatic rings. The molecule has 142 valence electrons. The number of nitrogens with zero attached hydrogens (tertiary/aromatic N) is 3. The fourth-order valence-corrected chi connectivity index (χ4v) is 5.58. The Labute approximate surface area is 172 Å². The van der Waals surface area contributed by atoms with E-state index in [0.717, 1.165) is 41.2 Å². The predicted molar refractivity (Wildman–Crippen MR) is 113 cm³/mol. The number of aryl methyl sites for hydroxylation is 3. The number of carbonyl (C=O) groups excluding carboxylic acids is 1. The molecule has 2 heterocycles. The van der Waals surface area contributed by atoms with Gasteiger partial charge in [0.15, 0.2) is 5.16 Å². The molecule has 4 rings (SSSR count). The van der Waals surface area contributed by atoms with Crippen molar-refractivity contribution in [2.24, 2.45) is 0 Å². The van der Waals surface area contributed by atoms with Crippen molar-refractivity contribution in [3.63, 3.8) is 0 Å². The molecule has 28 heavy (non-hydrogen) atoms. The fourth-order valence-electron chi connectivity index (χ4n) is 3.56. The van der Waals surface area contributed by atoms with Crippen molar-refractivity contribution in [2.75, 3.05) is 11.1 Å². The Kier molecular flexibility index (Phi) is 5.25. The number of thioether (sulfide) groups is 1. The van der Waals surface area contributed by atoms with Gasteiger partial charge in [0, 0.05) is 17.3 Å². The van der Waals surface area contributed by atoms with Crippen molar-refractivity contribution in [3.8, 4) is 11.8 Å². The van der Waals surface area contributed by atoms with E-state index in [9.17, 15) is 10.1 Å². The van der Waals surface area contributed by atoms with Crippen LogP contribution in [0, 0.1) is 25.2 Å². The molecular weight excluding hydrogens is 388 g/mol. The number of nitrogens with one attached hydrogen (secondary N) is 1. The monoisotopic (exact) mass is 408 g/mol. The molecular formula is C21H20N4OS2. The second-order valence-electron chi connectivity index (χ2n) is 6.88. The van der Waals surface area contributed by atoms with E-state index >= 15 is 0 Å². The third-order valence-electron chi connectivity index (χ3n) is 4.84. The summed E-state index contributed by atoms with van der Waals surface area (Å²) in [7, 11) is 0. The average molecular weight is 409 g/mol. The molecule has 0 saturated carbocycles. The predicted octanol–water partition coefficient (Wildman–Crippen LogP) is 4.64. The van der Waals surface area contributed by atoms with Gasteiger partial charge >= 0.3 is 0 Å². The lowest BCUT2D eigenvalue weighted by atomic mass is 10.1. The van der Waals surface area contributed by atoms with Crippen LogP contribution >= 0.6 is 23.1 Å². The molecule has 0 saturated heterocycles. The summed E-state index contributed by atoms with van der Waals surface area (Å²) in [6, 6.07) is 8.54. The second kappa shape index (κ2) is 7.82. The molecule has 0 atom stereocenters. The van der Waals surface area contributed by atoms with Crippen LogP contribution < -0.4 is 5.32 Å². The normalized spacial score (nSPS) is 12.6. The van der Waals surface area contributed by atoms with Crippen LogP contribution in [0.3, 0.4) is 0 Å². The summed E-state index contributed by atoms with van der Waals surface area (Å²) >= 11 is 2.94.